The van der Waals surface area contributed by atoms with Gasteiger partial charge in [0.25, 0.3) is 0 Å². The first-order valence-electron chi connectivity index (χ1n) is 8.29. The number of aromatic nitrogens is 3. The molecule has 120 valence electrons. The fourth-order valence-electron chi connectivity index (χ4n) is 3.63. The van der Waals surface area contributed by atoms with Crippen LogP contribution in [0.1, 0.15) is 35.4 Å². The monoisotopic (exact) mass is 326 g/mol. The molecule has 1 saturated heterocycles. The fourth-order valence-corrected chi connectivity index (χ4v) is 4.28. The van der Waals surface area contributed by atoms with Crippen LogP contribution < -0.4 is 0 Å². The zero-order valence-corrected chi connectivity index (χ0v) is 14.5. The minimum atomic E-state index is 0.437. The van der Waals surface area contributed by atoms with Crippen molar-refractivity contribution in [2.24, 2.45) is 7.05 Å². The maximum atomic E-state index is 4.91. The molecular weight excluding hydrogens is 304 g/mol. The van der Waals surface area contributed by atoms with Crippen LogP contribution in [0.25, 0.3) is 11.0 Å². The van der Waals surface area contributed by atoms with Crippen molar-refractivity contribution in [1.82, 2.24) is 19.4 Å². The Kier molecular flexibility index (Phi) is 3.91. The van der Waals surface area contributed by atoms with Crippen molar-refractivity contribution in [1.29, 1.82) is 0 Å². The van der Waals surface area contributed by atoms with E-state index in [-0.39, 0.29) is 0 Å². The second-order valence-corrected chi connectivity index (χ2v) is 7.38. The molecule has 3 aromatic rings. The fraction of sp³-hybridized carbons (Fsp3) is 0.444. The van der Waals surface area contributed by atoms with Gasteiger partial charge in [0.1, 0.15) is 5.82 Å². The maximum absolute atomic E-state index is 4.91. The number of hydrogen-bond donors (Lipinski definition) is 0. The van der Waals surface area contributed by atoms with Crippen molar-refractivity contribution in [3.63, 3.8) is 0 Å². The Balaban J connectivity index is 1.55. The molecule has 0 N–H and O–H groups in total. The highest BCUT2D eigenvalue weighted by molar-refractivity contribution is 7.09. The molecule has 1 aromatic carbocycles. The number of aryl methyl sites for hydroxylation is 2. The average Bonchev–Trinajstić information content (AvgIpc) is 3.25. The summed E-state index contributed by atoms with van der Waals surface area (Å²) in [6.45, 7) is 4.31. The van der Waals surface area contributed by atoms with Gasteiger partial charge in [-0.05, 0) is 38.4 Å². The molecule has 3 heterocycles. The lowest BCUT2D eigenvalue weighted by molar-refractivity contribution is 0.248. The van der Waals surface area contributed by atoms with Crippen molar-refractivity contribution in [2.75, 3.05) is 13.1 Å². The number of para-hydroxylation sites is 2. The molecule has 1 fully saturated rings. The van der Waals surface area contributed by atoms with E-state index in [4.69, 9.17) is 4.98 Å². The first-order chi connectivity index (χ1) is 11.2. The van der Waals surface area contributed by atoms with Crippen molar-refractivity contribution in [2.45, 2.75) is 32.2 Å². The van der Waals surface area contributed by atoms with Gasteiger partial charge in [0, 0.05) is 25.4 Å². The normalized spacial score (nSPS) is 19.0. The van der Waals surface area contributed by atoms with Gasteiger partial charge in [-0.2, -0.15) is 0 Å². The molecule has 4 nitrogen and oxygen atoms in total. The van der Waals surface area contributed by atoms with Gasteiger partial charge in [0.05, 0.1) is 27.8 Å². The highest BCUT2D eigenvalue weighted by atomic mass is 32.1. The summed E-state index contributed by atoms with van der Waals surface area (Å²) in [5, 5.41) is 3.35. The van der Waals surface area contributed by atoms with Crippen LogP contribution in [0.2, 0.25) is 0 Å². The Morgan fingerprint density at radius 2 is 2.13 bits per heavy atom. The molecule has 0 radical (unpaired) electrons. The van der Waals surface area contributed by atoms with E-state index in [1.807, 2.05) is 0 Å². The number of hydrogen-bond acceptors (Lipinski definition) is 4. The average molecular weight is 326 g/mol. The summed E-state index contributed by atoms with van der Waals surface area (Å²) >= 11 is 1.74. The van der Waals surface area contributed by atoms with Crippen LogP contribution in [0, 0.1) is 6.92 Å². The number of thiazole rings is 1. The third-order valence-electron chi connectivity index (χ3n) is 4.81. The van der Waals surface area contributed by atoms with E-state index >= 15 is 0 Å². The van der Waals surface area contributed by atoms with Crippen molar-refractivity contribution < 1.29 is 0 Å². The van der Waals surface area contributed by atoms with Gasteiger partial charge in [-0.25, -0.2) is 9.97 Å². The van der Waals surface area contributed by atoms with E-state index in [9.17, 15) is 0 Å². The highest BCUT2D eigenvalue weighted by Crippen LogP contribution is 2.32. The number of benzene rings is 1. The smallest absolute Gasteiger partial charge is 0.127 e. The second-order valence-electron chi connectivity index (χ2n) is 6.32. The molecule has 0 spiro atoms. The van der Waals surface area contributed by atoms with Crippen molar-refractivity contribution in [3.8, 4) is 0 Å². The molecule has 0 bridgehead atoms. The quantitative estimate of drug-likeness (QED) is 0.733. The second kappa shape index (κ2) is 6.06. The van der Waals surface area contributed by atoms with Crippen LogP contribution in [0.4, 0.5) is 0 Å². The highest BCUT2D eigenvalue weighted by Gasteiger charge is 2.29. The first-order valence-corrected chi connectivity index (χ1v) is 9.17. The number of rotatable bonds is 4. The lowest BCUT2D eigenvalue weighted by Crippen LogP contribution is -2.27. The van der Waals surface area contributed by atoms with Gasteiger partial charge >= 0.3 is 0 Å². The van der Waals surface area contributed by atoms with Gasteiger partial charge in [-0.15, -0.1) is 11.3 Å². The van der Waals surface area contributed by atoms with Gasteiger partial charge in [-0.1, -0.05) is 12.1 Å². The molecule has 4 rings (SSSR count). The molecule has 2 aromatic heterocycles. The predicted molar refractivity (Wildman–Crippen MR) is 94.8 cm³/mol. The van der Waals surface area contributed by atoms with Crippen LogP contribution in [-0.2, 0) is 13.5 Å². The Labute approximate surface area is 140 Å². The number of nitrogens with zero attached hydrogens (tertiary/aromatic N) is 4. The maximum Gasteiger partial charge on any atom is 0.127 e. The van der Waals surface area contributed by atoms with Gasteiger partial charge < -0.3 is 4.57 Å². The van der Waals surface area contributed by atoms with E-state index in [1.165, 1.54) is 29.9 Å². The lowest BCUT2D eigenvalue weighted by Gasteiger charge is -2.23. The van der Waals surface area contributed by atoms with Gasteiger partial charge in [0.2, 0.25) is 0 Å². The van der Waals surface area contributed by atoms with Crippen LogP contribution in [-0.4, -0.2) is 32.5 Å². The molecule has 0 amide bonds. The predicted octanol–water partition coefficient (Wildman–Crippen LogP) is 3.72. The minimum absolute atomic E-state index is 0.437. The summed E-state index contributed by atoms with van der Waals surface area (Å²) in [5.74, 6) is 1.21. The summed E-state index contributed by atoms with van der Waals surface area (Å²) in [5.41, 5.74) is 3.56. The molecule has 0 saturated carbocycles. The topological polar surface area (TPSA) is 34.0 Å². The molecule has 0 aliphatic carbocycles. The Morgan fingerprint density at radius 3 is 2.91 bits per heavy atom. The third-order valence-corrected chi connectivity index (χ3v) is 5.63. The van der Waals surface area contributed by atoms with E-state index < -0.39 is 0 Å². The zero-order valence-electron chi connectivity index (χ0n) is 13.7. The summed E-state index contributed by atoms with van der Waals surface area (Å²) in [4.78, 5) is 12.1. The Hall–Kier alpha value is -1.72. The van der Waals surface area contributed by atoms with E-state index in [1.54, 1.807) is 11.3 Å². The van der Waals surface area contributed by atoms with E-state index in [0.717, 1.165) is 30.0 Å². The summed E-state index contributed by atoms with van der Waals surface area (Å²) in [6, 6.07) is 8.85. The Morgan fingerprint density at radius 1 is 1.26 bits per heavy atom. The molecule has 0 unspecified atom stereocenters. The standard InChI is InChI=1S/C18H22N4S/c1-13-19-14(12-23-13)9-11-22-10-5-8-17(22)18-20-15-6-3-4-7-16(15)21(18)2/h3-4,6-7,12,17H,5,8-11H2,1-2H3/t17-/m0/s1. The third kappa shape index (κ3) is 2.79. The van der Waals surface area contributed by atoms with E-state index in [0.29, 0.717) is 6.04 Å². The molecule has 1 atom stereocenters. The van der Waals surface area contributed by atoms with Crippen LogP contribution in [0.15, 0.2) is 29.6 Å². The summed E-state index contributed by atoms with van der Waals surface area (Å²) in [7, 11) is 2.14. The zero-order chi connectivity index (χ0) is 15.8. The molecule has 5 heteroatoms. The van der Waals surface area contributed by atoms with Crippen LogP contribution in [0.3, 0.4) is 0 Å². The number of fused-ring (bicyclic) bond motifs is 1. The molecule has 1 aliphatic rings. The summed E-state index contributed by atoms with van der Waals surface area (Å²) < 4.78 is 2.27. The van der Waals surface area contributed by atoms with Crippen LogP contribution in [0.5, 0.6) is 0 Å². The largest absolute Gasteiger partial charge is 0.330 e. The first kappa shape index (κ1) is 14.8. The van der Waals surface area contributed by atoms with E-state index in [2.05, 4.69) is 58.1 Å². The lowest BCUT2D eigenvalue weighted by atomic mass is 10.2. The minimum Gasteiger partial charge on any atom is -0.330 e. The number of imidazole rings is 1. The van der Waals surface area contributed by atoms with Gasteiger partial charge in [0.15, 0.2) is 0 Å². The van der Waals surface area contributed by atoms with Crippen LogP contribution >= 0.6 is 11.3 Å². The molecule has 23 heavy (non-hydrogen) atoms. The molecule has 1 aliphatic heterocycles. The molecular formula is C18H22N4S. The Bertz CT molecular complexity index is 819. The number of likely N-dealkylation sites (tertiary alicyclic amines) is 1. The van der Waals surface area contributed by atoms with Gasteiger partial charge in [-0.3, -0.25) is 4.90 Å². The summed E-state index contributed by atoms with van der Waals surface area (Å²) in [6.07, 6.45) is 3.49. The van der Waals surface area contributed by atoms with Crippen molar-refractivity contribution in [3.05, 3.63) is 46.2 Å². The van der Waals surface area contributed by atoms with Crippen molar-refractivity contribution >= 4 is 22.4 Å². The SMILES string of the molecule is Cc1nc(CCN2CCC[C@H]2c2nc3ccccc3n2C)cs1.